The molecule has 5 rings (SSSR count). The fourth-order valence-corrected chi connectivity index (χ4v) is 9.06. The smallest absolute Gasteiger partial charge is 0.0686 e. The first-order valence-electron chi connectivity index (χ1n) is 15.7. The first-order valence-corrected chi connectivity index (χ1v) is 19.7. The van der Waals surface area contributed by atoms with Crippen LogP contribution in [0.2, 0.25) is 8.87 Å². The quantitative estimate of drug-likeness (QED) is 0.116. The third-order valence-corrected chi connectivity index (χ3v) is 11.6. The normalized spacial score (nSPS) is 15.8. The summed E-state index contributed by atoms with van der Waals surface area (Å²) in [5, 5.41) is 26.0. The first kappa shape index (κ1) is 33.3. The molecule has 0 saturated heterocycles. The zero-order valence-corrected chi connectivity index (χ0v) is 29.2. The Labute approximate surface area is 273 Å². The Hall–Kier alpha value is -3.64. The maximum Gasteiger partial charge on any atom is 0.0686 e. The van der Waals surface area contributed by atoms with E-state index >= 15 is 0 Å². The van der Waals surface area contributed by atoms with Crippen molar-refractivity contribution in [3.63, 3.8) is 0 Å². The molecule has 224 valence electrons. The molecule has 0 fully saturated rings. The van der Waals surface area contributed by atoms with Crippen molar-refractivity contribution in [1.82, 2.24) is 0 Å². The number of hydrogen-bond donors (Lipinski definition) is 0. The van der Waals surface area contributed by atoms with Gasteiger partial charge >= 0.3 is 69.5 Å². The van der Waals surface area contributed by atoms with Crippen LogP contribution in [0.4, 0.5) is 0 Å². The van der Waals surface area contributed by atoms with Gasteiger partial charge in [-0.15, -0.1) is 0 Å². The van der Waals surface area contributed by atoms with E-state index in [1.54, 1.807) is 21.0 Å². The van der Waals surface area contributed by atoms with Crippen molar-refractivity contribution in [2.75, 3.05) is 0 Å². The molecule has 0 spiro atoms. The molecule has 2 heterocycles. The number of unbranched alkanes of at least 4 members (excludes halogenated alkanes) is 2. The molecule has 2 aliphatic heterocycles. The van der Waals surface area contributed by atoms with Gasteiger partial charge in [0.1, 0.15) is 0 Å². The largest absolute Gasteiger partial charge is 0.871 e. The van der Waals surface area contributed by atoms with E-state index in [9.17, 15) is 10.2 Å². The van der Waals surface area contributed by atoms with Crippen molar-refractivity contribution in [2.45, 2.75) is 68.2 Å². The maximum absolute atomic E-state index is 13.0. The molecule has 0 radical (unpaired) electrons. The SMILES string of the molecule is CCC[CH2][Sn+2][CH2]CCC.Cc1ccc(/C([O-])=C2\C=CC(C(C3=N/C(=C(\[O-])c4ccc(C)cc4)C=C3)c3ccccc3)=N2)cc1. The molecule has 5 heteroatoms. The molecule has 2 aliphatic rings. The number of hydrogen-bond acceptors (Lipinski definition) is 4. The molecule has 0 atom stereocenters. The summed E-state index contributed by atoms with van der Waals surface area (Å²) in [6, 6.07) is 24.9. The van der Waals surface area contributed by atoms with Crippen molar-refractivity contribution in [1.29, 1.82) is 0 Å². The maximum atomic E-state index is 13.0. The molecule has 0 saturated carbocycles. The molecule has 0 aromatic heterocycles. The number of benzene rings is 3. The van der Waals surface area contributed by atoms with E-state index in [-0.39, 0.29) is 38.6 Å². The average Bonchev–Trinajstić information content (AvgIpc) is 3.73. The molecule has 0 bridgehead atoms. The molecule has 3 aromatic rings. The van der Waals surface area contributed by atoms with Gasteiger partial charge in [-0.1, -0.05) is 102 Å². The van der Waals surface area contributed by atoms with E-state index in [1.807, 2.05) is 105 Å². The van der Waals surface area contributed by atoms with Gasteiger partial charge in [-0.3, -0.25) is 9.98 Å². The minimum Gasteiger partial charge on any atom is -0.871 e. The molecular weight excluding hydrogens is 647 g/mol. The van der Waals surface area contributed by atoms with Gasteiger partial charge < -0.3 is 10.2 Å². The molecule has 3 aromatic carbocycles. The summed E-state index contributed by atoms with van der Waals surface area (Å²) >= 11 is 0.149. The molecule has 0 amide bonds. The van der Waals surface area contributed by atoms with Crippen LogP contribution in [0.5, 0.6) is 0 Å². The number of nitrogens with zero attached hydrogens (tertiary/aromatic N) is 2. The molecule has 0 unspecified atom stereocenters. The Morgan fingerprint density at radius 2 is 1.05 bits per heavy atom. The summed E-state index contributed by atoms with van der Waals surface area (Å²) in [4.78, 5) is 9.42. The van der Waals surface area contributed by atoms with Crippen LogP contribution >= 0.6 is 0 Å². The average molecular weight is 689 g/mol. The second-order valence-corrected chi connectivity index (χ2v) is 15.5. The van der Waals surface area contributed by atoms with Crippen LogP contribution in [0.1, 0.15) is 73.3 Å². The van der Waals surface area contributed by atoms with Gasteiger partial charge in [0.25, 0.3) is 0 Å². The summed E-state index contributed by atoms with van der Waals surface area (Å²) in [5.41, 5.74) is 6.63. The molecular formula is C39H42N2O2Sn. The Morgan fingerprint density at radius 1 is 0.614 bits per heavy atom. The van der Waals surface area contributed by atoms with E-state index in [2.05, 4.69) is 13.8 Å². The predicted octanol–water partition coefficient (Wildman–Crippen LogP) is 7.99. The van der Waals surface area contributed by atoms with Crippen molar-refractivity contribution >= 4 is 44.1 Å². The van der Waals surface area contributed by atoms with Crippen LogP contribution in [-0.4, -0.2) is 32.6 Å². The fraction of sp³-hybridized carbons (Fsp3) is 0.282. The minimum atomic E-state index is -0.296. The summed E-state index contributed by atoms with van der Waals surface area (Å²) in [6.07, 6.45) is 13.1. The molecule has 0 N–H and O–H groups in total. The minimum absolute atomic E-state index is 0.117. The predicted molar refractivity (Wildman–Crippen MR) is 184 cm³/mol. The molecule has 4 nitrogen and oxygen atoms in total. The molecule has 44 heavy (non-hydrogen) atoms. The summed E-state index contributed by atoms with van der Waals surface area (Å²) in [5.74, 6) is -0.530. The van der Waals surface area contributed by atoms with Crippen LogP contribution in [0, 0.1) is 13.8 Å². The van der Waals surface area contributed by atoms with Crippen LogP contribution in [0.3, 0.4) is 0 Å². The van der Waals surface area contributed by atoms with Gasteiger partial charge in [0.05, 0.1) is 28.7 Å². The third kappa shape index (κ3) is 9.18. The van der Waals surface area contributed by atoms with Gasteiger partial charge in [0.15, 0.2) is 0 Å². The summed E-state index contributed by atoms with van der Waals surface area (Å²) < 4.78 is 3.25. The van der Waals surface area contributed by atoms with E-state index in [1.165, 1.54) is 25.7 Å². The first-order chi connectivity index (χ1) is 21.4. The van der Waals surface area contributed by atoms with Gasteiger partial charge in [-0.05, 0) is 54.8 Å². The number of aliphatic imine (C=N–C) groups is 2. The van der Waals surface area contributed by atoms with Crippen LogP contribution < -0.4 is 10.2 Å². The number of aryl methyl sites for hydroxylation is 2. The van der Waals surface area contributed by atoms with Crippen LogP contribution in [-0.2, 0) is 0 Å². The second kappa shape index (κ2) is 17.0. The fourth-order valence-electron chi connectivity index (χ4n) is 4.90. The van der Waals surface area contributed by atoms with Crippen molar-refractivity contribution < 1.29 is 10.2 Å². The topological polar surface area (TPSA) is 70.8 Å². The summed E-state index contributed by atoms with van der Waals surface area (Å²) in [6.45, 7) is 8.56. The number of rotatable bonds is 11. The zero-order valence-electron chi connectivity index (χ0n) is 26.3. The van der Waals surface area contributed by atoms with Gasteiger partial charge in [-0.2, -0.15) is 0 Å². The Morgan fingerprint density at radius 3 is 1.45 bits per heavy atom. The standard InChI is InChI=1S/C31H26N2O2.2C4H9.Sn/c1-20-8-12-23(13-9-20)30(34)27-18-16-25(32-27)29(22-6-4-3-5-7-22)26-17-19-28(33-26)31(35)24-14-10-21(2)11-15-24;2*1-3-4-2;/h3-19,29,34-35H,1-2H3;2*1,3-4H2,2H3;/q;;;+2/p-2/b30-27-,31-28-;;;. The van der Waals surface area contributed by atoms with Crippen LogP contribution in [0.25, 0.3) is 11.5 Å². The zero-order chi connectivity index (χ0) is 31.3. The summed E-state index contributed by atoms with van der Waals surface area (Å²) in [7, 11) is 0. The Kier molecular flexibility index (Phi) is 12.9. The monoisotopic (exact) mass is 690 g/mol. The van der Waals surface area contributed by atoms with Crippen LogP contribution in [0.15, 0.2) is 125 Å². The van der Waals surface area contributed by atoms with Gasteiger partial charge in [0.2, 0.25) is 0 Å². The van der Waals surface area contributed by atoms with Crippen molar-refractivity contribution in [2.24, 2.45) is 9.98 Å². The van der Waals surface area contributed by atoms with Gasteiger partial charge in [0, 0.05) is 0 Å². The van der Waals surface area contributed by atoms with Crippen molar-refractivity contribution in [3.8, 4) is 0 Å². The molecule has 0 aliphatic carbocycles. The Balaban J connectivity index is 0.000000429. The van der Waals surface area contributed by atoms with E-state index < -0.39 is 0 Å². The Bertz CT molecular complexity index is 1460. The van der Waals surface area contributed by atoms with E-state index in [0.717, 1.165) is 28.1 Å². The van der Waals surface area contributed by atoms with Crippen molar-refractivity contribution in [3.05, 3.63) is 142 Å². The van der Waals surface area contributed by atoms with E-state index in [0.29, 0.717) is 22.5 Å². The van der Waals surface area contributed by atoms with Gasteiger partial charge in [-0.25, -0.2) is 0 Å². The number of allylic oxidation sites excluding steroid dienone is 4. The second-order valence-electron chi connectivity index (χ2n) is 11.2. The third-order valence-electron chi connectivity index (χ3n) is 7.55. The van der Waals surface area contributed by atoms with E-state index in [4.69, 9.17) is 9.98 Å².